The van der Waals surface area contributed by atoms with E-state index in [4.69, 9.17) is 10.5 Å². The summed E-state index contributed by atoms with van der Waals surface area (Å²) in [7, 11) is -1.25. The number of methoxy groups -OCH3 is 2. The molecule has 0 aliphatic heterocycles. The summed E-state index contributed by atoms with van der Waals surface area (Å²) in [5, 5.41) is 0. The van der Waals surface area contributed by atoms with Gasteiger partial charge in [0.1, 0.15) is 17.2 Å². The second-order valence-corrected chi connectivity index (χ2v) is 6.48. The molecule has 0 bridgehead atoms. The number of benzene rings is 1. The predicted molar refractivity (Wildman–Crippen MR) is 78.5 cm³/mol. The van der Waals surface area contributed by atoms with Gasteiger partial charge in [0.25, 0.3) is 0 Å². The van der Waals surface area contributed by atoms with Crippen LogP contribution in [0.15, 0.2) is 23.1 Å². The summed E-state index contributed by atoms with van der Waals surface area (Å²) in [4.78, 5) is 11.3. The molecule has 118 valence electrons. The van der Waals surface area contributed by atoms with Crippen LogP contribution >= 0.6 is 0 Å². The van der Waals surface area contributed by atoms with Crippen molar-refractivity contribution in [1.29, 1.82) is 0 Å². The number of carbonyl (C=O) groups is 1. The average Bonchev–Trinajstić information content (AvgIpc) is 2.43. The number of carbonyl (C=O) groups excluding carboxylic acids is 1. The number of nitrogens with two attached hydrogens (primary N) is 1. The molecule has 0 radical (unpaired) electrons. The van der Waals surface area contributed by atoms with Gasteiger partial charge in [0.15, 0.2) is 0 Å². The van der Waals surface area contributed by atoms with E-state index in [0.717, 1.165) is 4.31 Å². The molecule has 8 heteroatoms. The van der Waals surface area contributed by atoms with E-state index >= 15 is 0 Å². The molecule has 0 aliphatic rings. The fraction of sp³-hybridized carbons (Fsp3) is 0.462. The van der Waals surface area contributed by atoms with Gasteiger partial charge < -0.3 is 15.2 Å². The van der Waals surface area contributed by atoms with Crippen LogP contribution in [-0.2, 0) is 19.6 Å². The number of esters is 1. The van der Waals surface area contributed by atoms with Crippen molar-refractivity contribution in [2.45, 2.75) is 24.8 Å². The minimum atomic E-state index is -3.91. The lowest BCUT2D eigenvalue weighted by molar-refractivity contribution is -0.141. The summed E-state index contributed by atoms with van der Waals surface area (Å²) in [5.41, 5.74) is 5.84. The third kappa shape index (κ3) is 3.85. The molecule has 0 saturated carbocycles. The van der Waals surface area contributed by atoms with Crippen LogP contribution in [0.4, 0.5) is 5.69 Å². The van der Waals surface area contributed by atoms with Crippen LogP contribution in [0.25, 0.3) is 0 Å². The van der Waals surface area contributed by atoms with E-state index in [0.29, 0.717) is 5.75 Å². The first kappa shape index (κ1) is 17.3. The summed E-state index contributed by atoms with van der Waals surface area (Å²) in [6.07, 6.45) is 0. The Labute approximate surface area is 124 Å². The van der Waals surface area contributed by atoms with Gasteiger partial charge in [-0.05, 0) is 26.0 Å². The van der Waals surface area contributed by atoms with Gasteiger partial charge in [0, 0.05) is 12.1 Å². The van der Waals surface area contributed by atoms with Crippen molar-refractivity contribution < 1.29 is 22.7 Å². The van der Waals surface area contributed by atoms with Gasteiger partial charge in [-0.3, -0.25) is 4.79 Å². The first-order valence-electron chi connectivity index (χ1n) is 6.26. The number of sulfonamides is 1. The number of ether oxygens (including phenoxy) is 2. The van der Waals surface area contributed by atoms with Crippen LogP contribution < -0.4 is 10.5 Å². The fourth-order valence-corrected chi connectivity index (χ4v) is 3.43. The van der Waals surface area contributed by atoms with Crippen molar-refractivity contribution in [3.8, 4) is 5.75 Å². The van der Waals surface area contributed by atoms with E-state index in [1.165, 1.54) is 32.4 Å². The largest absolute Gasteiger partial charge is 0.497 e. The van der Waals surface area contributed by atoms with Crippen molar-refractivity contribution >= 4 is 21.7 Å². The second-order valence-electron chi connectivity index (χ2n) is 4.62. The maximum Gasteiger partial charge on any atom is 0.321 e. The summed E-state index contributed by atoms with van der Waals surface area (Å²) in [5.74, 6) is -0.185. The third-order valence-electron chi connectivity index (χ3n) is 2.89. The Morgan fingerprint density at radius 3 is 2.38 bits per heavy atom. The highest BCUT2D eigenvalue weighted by atomic mass is 32.2. The van der Waals surface area contributed by atoms with Crippen molar-refractivity contribution in [2.75, 3.05) is 26.5 Å². The van der Waals surface area contributed by atoms with E-state index in [-0.39, 0.29) is 17.1 Å². The van der Waals surface area contributed by atoms with E-state index in [1.54, 1.807) is 13.8 Å². The number of anilines is 1. The number of hydrogen-bond donors (Lipinski definition) is 1. The second kappa shape index (κ2) is 6.77. The van der Waals surface area contributed by atoms with Crippen LogP contribution in [0.3, 0.4) is 0 Å². The van der Waals surface area contributed by atoms with Crippen molar-refractivity contribution in [3.63, 3.8) is 0 Å². The molecule has 1 aromatic carbocycles. The Morgan fingerprint density at radius 1 is 1.33 bits per heavy atom. The van der Waals surface area contributed by atoms with Crippen LogP contribution in [-0.4, -0.2) is 45.5 Å². The Kier molecular flexibility index (Phi) is 5.56. The van der Waals surface area contributed by atoms with Crippen LogP contribution in [0.5, 0.6) is 5.75 Å². The van der Waals surface area contributed by atoms with Gasteiger partial charge in [0.05, 0.1) is 19.9 Å². The molecule has 1 rings (SSSR count). The summed E-state index contributed by atoms with van der Waals surface area (Å²) >= 11 is 0. The number of nitrogens with zero attached hydrogens (tertiary/aromatic N) is 1. The smallest absolute Gasteiger partial charge is 0.321 e. The summed E-state index contributed by atoms with van der Waals surface area (Å²) in [6.45, 7) is 2.96. The monoisotopic (exact) mass is 316 g/mol. The number of hydrogen-bond acceptors (Lipinski definition) is 6. The van der Waals surface area contributed by atoms with Gasteiger partial charge in [-0.2, -0.15) is 4.31 Å². The van der Waals surface area contributed by atoms with Crippen LogP contribution in [0.2, 0.25) is 0 Å². The molecule has 0 heterocycles. The van der Waals surface area contributed by atoms with Gasteiger partial charge in [-0.25, -0.2) is 8.42 Å². The molecule has 7 nitrogen and oxygen atoms in total. The van der Waals surface area contributed by atoms with Gasteiger partial charge in [-0.15, -0.1) is 0 Å². The Balaban J connectivity index is 3.26. The highest BCUT2D eigenvalue weighted by Gasteiger charge is 2.31. The molecule has 2 N–H and O–H groups in total. The lowest BCUT2D eigenvalue weighted by atomic mass is 10.3. The number of nitrogen functional groups attached to an aromatic ring is 1. The van der Waals surface area contributed by atoms with Crippen LogP contribution in [0.1, 0.15) is 13.8 Å². The maximum absolute atomic E-state index is 12.6. The highest BCUT2D eigenvalue weighted by Crippen LogP contribution is 2.27. The minimum Gasteiger partial charge on any atom is -0.497 e. The zero-order valence-electron chi connectivity index (χ0n) is 12.5. The van der Waals surface area contributed by atoms with E-state index in [2.05, 4.69) is 4.74 Å². The van der Waals surface area contributed by atoms with E-state index in [9.17, 15) is 13.2 Å². The molecule has 0 aliphatic carbocycles. The lowest BCUT2D eigenvalue weighted by Crippen LogP contribution is -2.41. The molecule has 0 fully saturated rings. The standard InChI is InChI=1S/C13H20N2O5S/c1-9(2)15(8-13(16)20-4)21(17,18)12-6-5-10(19-3)7-11(12)14/h5-7,9H,8,14H2,1-4H3. The van der Waals surface area contributed by atoms with Gasteiger partial charge in [0.2, 0.25) is 10.0 Å². The average molecular weight is 316 g/mol. The quantitative estimate of drug-likeness (QED) is 0.617. The molecule has 21 heavy (non-hydrogen) atoms. The Hall–Kier alpha value is -1.80. The molecule has 1 aromatic rings. The van der Waals surface area contributed by atoms with Crippen molar-refractivity contribution in [1.82, 2.24) is 4.31 Å². The van der Waals surface area contributed by atoms with E-state index < -0.39 is 22.0 Å². The fourth-order valence-electron chi connectivity index (χ4n) is 1.75. The SMILES string of the molecule is COC(=O)CN(C(C)C)S(=O)(=O)c1ccc(OC)cc1N. The van der Waals surface area contributed by atoms with Crippen molar-refractivity contribution in [3.05, 3.63) is 18.2 Å². The van der Waals surface area contributed by atoms with Crippen LogP contribution in [0, 0.1) is 0 Å². The van der Waals surface area contributed by atoms with Gasteiger partial charge >= 0.3 is 5.97 Å². The molecule has 0 aromatic heterocycles. The molecule has 0 amide bonds. The highest BCUT2D eigenvalue weighted by molar-refractivity contribution is 7.89. The maximum atomic E-state index is 12.6. The lowest BCUT2D eigenvalue weighted by Gasteiger charge is -2.25. The predicted octanol–water partition coefficient (Wildman–Crippen LogP) is 0.849. The first-order valence-corrected chi connectivity index (χ1v) is 7.70. The summed E-state index contributed by atoms with van der Waals surface area (Å²) < 4.78 is 35.8. The Morgan fingerprint density at radius 2 is 1.95 bits per heavy atom. The van der Waals surface area contributed by atoms with Crippen molar-refractivity contribution in [2.24, 2.45) is 0 Å². The molecular weight excluding hydrogens is 296 g/mol. The molecular formula is C13H20N2O5S. The third-order valence-corrected chi connectivity index (χ3v) is 4.99. The van der Waals surface area contributed by atoms with E-state index in [1.807, 2.05) is 0 Å². The normalized spacial score (nSPS) is 11.7. The first-order chi connectivity index (χ1) is 9.73. The zero-order valence-corrected chi connectivity index (χ0v) is 13.3. The Bertz CT molecular complexity index is 613. The topological polar surface area (TPSA) is 98.9 Å². The molecule has 0 unspecified atom stereocenters. The molecule has 0 atom stereocenters. The molecule has 0 saturated heterocycles. The molecule has 0 spiro atoms. The minimum absolute atomic E-state index is 0.0601. The number of rotatable bonds is 6. The van der Waals surface area contributed by atoms with Gasteiger partial charge in [-0.1, -0.05) is 0 Å². The zero-order chi connectivity index (χ0) is 16.2. The summed E-state index contributed by atoms with van der Waals surface area (Å²) in [6, 6.07) is 3.86.